The Morgan fingerprint density at radius 1 is 1.05 bits per heavy atom. The molecule has 0 N–H and O–H groups in total. The fraction of sp³-hybridized carbons (Fsp3) is 0.0714. The summed E-state index contributed by atoms with van der Waals surface area (Å²) in [5, 5.41) is 1.10. The van der Waals surface area contributed by atoms with Crippen molar-refractivity contribution in [3.8, 4) is 11.3 Å². The second kappa shape index (κ2) is 5.53. The molecule has 5 heteroatoms. The summed E-state index contributed by atoms with van der Waals surface area (Å²) in [5.41, 5.74) is 3.93. The third-order valence-electron chi connectivity index (χ3n) is 2.91. The van der Waals surface area contributed by atoms with E-state index in [4.69, 9.17) is 23.2 Å². The van der Waals surface area contributed by atoms with E-state index in [9.17, 15) is 0 Å². The maximum absolute atomic E-state index is 6.03. The molecule has 2 nitrogen and oxygen atoms in total. The summed E-state index contributed by atoms with van der Waals surface area (Å²) in [4.78, 5) is 4.58. The highest BCUT2D eigenvalue weighted by Gasteiger charge is 2.07. The first kappa shape index (κ1) is 14.4. The Balaban J connectivity index is 0.00000133. The molecular weight excluding hydrogens is 347 g/mol. The standard InChI is InChI=1S/C14H10Cl2N2.BrH/c1-9-3-2-4-14-17-13(8-18(9)14)10-5-6-11(15)12(16)7-10;/h2-8H,1H3;1H/p-1. The SMILES string of the molecule is Cc1cccc2nc(-c3ccc(Cl)c(Cl)c3)cn12.[Br-]. The normalized spacial score (nSPS) is 10.5. The molecular formula is C14H10BrCl2N2-. The van der Waals surface area contributed by atoms with Crippen LogP contribution in [0.25, 0.3) is 16.9 Å². The van der Waals surface area contributed by atoms with E-state index in [0.29, 0.717) is 10.0 Å². The van der Waals surface area contributed by atoms with Gasteiger partial charge in [-0.15, -0.1) is 0 Å². The van der Waals surface area contributed by atoms with Crippen molar-refractivity contribution in [1.82, 2.24) is 9.38 Å². The van der Waals surface area contributed by atoms with E-state index < -0.39 is 0 Å². The second-order valence-corrected chi connectivity index (χ2v) is 4.96. The largest absolute Gasteiger partial charge is 1.00 e. The number of pyridine rings is 1. The van der Waals surface area contributed by atoms with Gasteiger partial charge in [0.1, 0.15) is 5.65 Å². The lowest BCUT2D eigenvalue weighted by Crippen LogP contribution is -3.00. The summed E-state index contributed by atoms with van der Waals surface area (Å²) in [6.45, 7) is 2.05. The van der Waals surface area contributed by atoms with E-state index in [1.807, 2.05) is 43.5 Å². The van der Waals surface area contributed by atoms with Gasteiger partial charge >= 0.3 is 0 Å². The topological polar surface area (TPSA) is 17.3 Å². The first-order valence-corrected chi connectivity index (χ1v) is 6.31. The third-order valence-corrected chi connectivity index (χ3v) is 3.65. The smallest absolute Gasteiger partial charge is 0.137 e. The van der Waals surface area contributed by atoms with Crippen LogP contribution in [0.1, 0.15) is 5.69 Å². The van der Waals surface area contributed by atoms with Crippen molar-refractivity contribution in [1.29, 1.82) is 0 Å². The Kier molecular flexibility index (Phi) is 4.19. The van der Waals surface area contributed by atoms with Crippen molar-refractivity contribution in [2.75, 3.05) is 0 Å². The molecule has 0 aliphatic rings. The molecule has 0 aliphatic carbocycles. The van der Waals surface area contributed by atoms with Crippen molar-refractivity contribution in [3.05, 3.63) is 58.3 Å². The molecule has 0 amide bonds. The van der Waals surface area contributed by atoms with Crippen molar-refractivity contribution >= 4 is 28.8 Å². The zero-order chi connectivity index (χ0) is 12.7. The van der Waals surface area contributed by atoms with Crippen LogP contribution in [0.5, 0.6) is 0 Å². The van der Waals surface area contributed by atoms with Crippen LogP contribution < -0.4 is 17.0 Å². The van der Waals surface area contributed by atoms with E-state index in [1.54, 1.807) is 6.07 Å². The van der Waals surface area contributed by atoms with Gasteiger partial charge in [-0.2, -0.15) is 0 Å². The number of benzene rings is 1. The van der Waals surface area contributed by atoms with E-state index in [0.717, 1.165) is 22.6 Å². The highest BCUT2D eigenvalue weighted by atomic mass is 79.9. The zero-order valence-corrected chi connectivity index (χ0v) is 13.2. The van der Waals surface area contributed by atoms with Crippen LogP contribution >= 0.6 is 23.2 Å². The van der Waals surface area contributed by atoms with Crippen LogP contribution in [0.2, 0.25) is 10.0 Å². The molecule has 3 aromatic rings. The minimum atomic E-state index is 0. The number of hydrogen-bond acceptors (Lipinski definition) is 1. The van der Waals surface area contributed by atoms with Crippen molar-refractivity contribution in [2.24, 2.45) is 0 Å². The van der Waals surface area contributed by atoms with Crippen molar-refractivity contribution in [3.63, 3.8) is 0 Å². The van der Waals surface area contributed by atoms with E-state index in [2.05, 4.69) is 9.38 Å². The van der Waals surface area contributed by atoms with Crippen LogP contribution in [0.4, 0.5) is 0 Å². The number of nitrogens with zero attached hydrogens (tertiary/aromatic N) is 2. The summed E-state index contributed by atoms with van der Waals surface area (Å²) in [6, 6.07) is 11.6. The van der Waals surface area contributed by atoms with Gasteiger partial charge in [0.05, 0.1) is 15.7 Å². The van der Waals surface area contributed by atoms with Gasteiger partial charge in [-0.3, -0.25) is 0 Å². The van der Waals surface area contributed by atoms with Crippen molar-refractivity contribution < 1.29 is 17.0 Å². The number of halogens is 3. The average Bonchev–Trinajstić information content (AvgIpc) is 2.78. The Morgan fingerprint density at radius 3 is 2.53 bits per heavy atom. The quantitative estimate of drug-likeness (QED) is 0.647. The lowest BCUT2D eigenvalue weighted by molar-refractivity contribution is -0.00000356. The van der Waals surface area contributed by atoms with Gasteiger partial charge in [0, 0.05) is 17.5 Å². The summed E-state index contributed by atoms with van der Waals surface area (Å²) < 4.78 is 2.05. The summed E-state index contributed by atoms with van der Waals surface area (Å²) in [7, 11) is 0. The highest BCUT2D eigenvalue weighted by molar-refractivity contribution is 6.42. The van der Waals surface area contributed by atoms with Crippen LogP contribution in [-0.4, -0.2) is 9.38 Å². The third kappa shape index (κ3) is 2.64. The monoisotopic (exact) mass is 355 g/mol. The molecule has 0 saturated carbocycles. The average molecular weight is 357 g/mol. The van der Waals surface area contributed by atoms with Gasteiger partial charge in [-0.05, 0) is 31.2 Å². The lowest BCUT2D eigenvalue weighted by Gasteiger charge is -1.99. The predicted molar refractivity (Wildman–Crippen MR) is 75.4 cm³/mol. The number of imidazole rings is 1. The maximum Gasteiger partial charge on any atom is 0.137 e. The van der Waals surface area contributed by atoms with Crippen LogP contribution in [0.15, 0.2) is 42.6 Å². The molecule has 0 aliphatic heterocycles. The van der Waals surface area contributed by atoms with Gasteiger partial charge < -0.3 is 21.4 Å². The number of hydrogen-bond donors (Lipinski definition) is 0. The van der Waals surface area contributed by atoms with Crippen LogP contribution in [0.3, 0.4) is 0 Å². The number of fused-ring (bicyclic) bond motifs is 1. The van der Waals surface area contributed by atoms with Crippen LogP contribution in [-0.2, 0) is 0 Å². The maximum atomic E-state index is 6.03. The van der Waals surface area contributed by atoms with E-state index in [1.165, 1.54) is 0 Å². The second-order valence-electron chi connectivity index (χ2n) is 4.15. The highest BCUT2D eigenvalue weighted by Crippen LogP contribution is 2.28. The first-order valence-electron chi connectivity index (χ1n) is 5.55. The first-order chi connectivity index (χ1) is 8.65. The molecule has 0 spiro atoms. The molecule has 98 valence electrons. The molecule has 0 unspecified atom stereocenters. The zero-order valence-electron chi connectivity index (χ0n) is 10.1. The van der Waals surface area contributed by atoms with Gasteiger partial charge in [0.15, 0.2) is 0 Å². The van der Waals surface area contributed by atoms with E-state index in [-0.39, 0.29) is 17.0 Å². The molecule has 0 saturated heterocycles. The lowest BCUT2D eigenvalue weighted by atomic mass is 10.2. The molecule has 0 fully saturated rings. The van der Waals surface area contributed by atoms with Gasteiger partial charge in [0.2, 0.25) is 0 Å². The molecule has 0 atom stereocenters. The minimum absolute atomic E-state index is 0. The fourth-order valence-electron chi connectivity index (χ4n) is 1.94. The molecule has 0 radical (unpaired) electrons. The summed E-state index contributed by atoms with van der Waals surface area (Å²) in [6.07, 6.45) is 2.00. The number of aryl methyl sites for hydroxylation is 1. The summed E-state index contributed by atoms with van der Waals surface area (Å²) >= 11 is 11.9. The van der Waals surface area contributed by atoms with E-state index >= 15 is 0 Å². The summed E-state index contributed by atoms with van der Waals surface area (Å²) in [5.74, 6) is 0. The molecule has 0 bridgehead atoms. The Morgan fingerprint density at radius 2 is 1.84 bits per heavy atom. The predicted octanol–water partition coefficient (Wildman–Crippen LogP) is 1.62. The Bertz CT molecular complexity index is 737. The van der Waals surface area contributed by atoms with Crippen LogP contribution in [0, 0.1) is 6.92 Å². The Hall–Kier alpha value is -1.03. The van der Waals surface area contributed by atoms with Gasteiger partial charge in [0.25, 0.3) is 0 Å². The number of aromatic nitrogens is 2. The fourth-order valence-corrected chi connectivity index (χ4v) is 2.24. The number of rotatable bonds is 1. The molecule has 2 aromatic heterocycles. The minimum Gasteiger partial charge on any atom is -1.00 e. The van der Waals surface area contributed by atoms with Gasteiger partial charge in [-0.1, -0.05) is 35.3 Å². The molecule has 2 heterocycles. The molecule has 1 aromatic carbocycles. The van der Waals surface area contributed by atoms with Crippen molar-refractivity contribution in [2.45, 2.75) is 6.92 Å². The Labute approximate surface area is 131 Å². The van der Waals surface area contributed by atoms with Gasteiger partial charge in [-0.25, -0.2) is 4.98 Å². The molecule has 3 rings (SSSR count). The molecule has 19 heavy (non-hydrogen) atoms.